The molecule has 5 nitrogen and oxygen atoms in total. The van der Waals surface area contributed by atoms with Crippen molar-refractivity contribution in [3.05, 3.63) is 58.6 Å². The molecular weight excluding hydrogens is 324 g/mol. The molecule has 7 heteroatoms. The maximum atomic E-state index is 12.1. The average Bonchev–Trinajstić information content (AvgIpc) is 2.48. The van der Waals surface area contributed by atoms with Gasteiger partial charge >= 0.3 is 0 Å². The van der Waals surface area contributed by atoms with Crippen LogP contribution < -0.4 is 5.32 Å². The highest BCUT2D eigenvalue weighted by Gasteiger charge is 2.13. The number of halogens is 1. The molecule has 1 N–H and O–H groups in total. The van der Waals surface area contributed by atoms with E-state index in [1.807, 2.05) is 6.07 Å². The van der Waals surface area contributed by atoms with Gasteiger partial charge in [-0.05, 0) is 42.5 Å². The topological polar surface area (TPSA) is 87.0 Å². The van der Waals surface area contributed by atoms with Gasteiger partial charge in [0.25, 0.3) is 5.91 Å². The molecule has 0 spiro atoms. The summed E-state index contributed by atoms with van der Waals surface area (Å²) in [5.74, 6) is -0.447. The zero-order chi connectivity index (χ0) is 16.3. The van der Waals surface area contributed by atoms with Crippen molar-refractivity contribution in [1.82, 2.24) is 0 Å². The van der Waals surface area contributed by atoms with Gasteiger partial charge in [0.2, 0.25) is 0 Å². The third-order valence-corrected chi connectivity index (χ3v) is 4.33. The average molecular weight is 335 g/mol. The second-order valence-corrected chi connectivity index (χ2v) is 6.98. The fourth-order valence-electron chi connectivity index (χ4n) is 1.72. The molecule has 0 saturated heterocycles. The van der Waals surface area contributed by atoms with Crippen LogP contribution in [0.15, 0.2) is 47.4 Å². The van der Waals surface area contributed by atoms with Gasteiger partial charge in [0.15, 0.2) is 9.84 Å². The summed E-state index contributed by atoms with van der Waals surface area (Å²) < 4.78 is 23.1. The predicted molar refractivity (Wildman–Crippen MR) is 83.7 cm³/mol. The van der Waals surface area contributed by atoms with Crippen molar-refractivity contribution < 1.29 is 13.2 Å². The number of nitrogens with zero attached hydrogens (tertiary/aromatic N) is 1. The molecular formula is C15H11ClN2O3S. The summed E-state index contributed by atoms with van der Waals surface area (Å²) in [6.07, 6.45) is 1.07. The van der Waals surface area contributed by atoms with E-state index in [1.54, 1.807) is 0 Å². The lowest BCUT2D eigenvalue weighted by molar-refractivity contribution is 0.102. The Morgan fingerprint density at radius 1 is 1.18 bits per heavy atom. The van der Waals surface area contributed by atoms with Crippen LogP contribution in [0.1, 0.15) is 15.9 Å². The number of benzene rings is 2. The third kappa shape index (κ3) is 3.64. The molecule has 2 aromatic carbocycles. The number of carbonyl (C=O) groups is 1. The van der Waals surface area contributed by atoms with Crippen LogP contribution in [0.2, 0.25) is 5.02 Å². The molecule has 0 bridgehead atoms. The van der Waals surface area contributed by atoms with Crippen LogP contribution in [0.4, 0.5) is 5.69 Å². The molecule has 0 fully saturated rings. The first-order chi connectivity index (χ1) is 10.3. The second-order valence-electron chi connectivity index (χ2n) is 4.56. The molecule has 0 aromatic heterocycles. The number of anilines is 1. The summed E-state index contributed by atoms with van der Waals surface area (Å²) in [7, 11) is -3.40. The van der Waals surface area contributed by atoms with Crippen molar-refractivity contribution in [2.45, 2.75) is 4.90 Å². The smallest absolute Gasteiger partial charge is 0.255 e. The fourth-order valence-corrected chi connectivity index (χ4v) is 2.53. The molecule has 0 saturated carbocycles. The molecule has 22 heavy (non-hydrogen) atoms. The summed E-state index contributed by atoms with van der Waals surface area (Å²) >= 11 is 5.97. The summed E-state index contributed by atoms with van der Waals surface area (Å²) in [4.78, 5) is 12.2. The highest BCUT2D eigenvalue weighted by Crippen LogP contribution is 2.25. The van der Waals surface area contributed by atoms with Crippen LogP contribution in [-0.2, 0) is 9.84 Å². The van der Waals surface area contributed by atoms with Crippen LogP contribution in [0.3, 0.4) is 0 Å². The Labute approximate surface area is 133 Å². The van der Waals surface area contributed by atoms with Crippen LogP contribution in [0.25, 0.3) is 0 Å². The van der Waals surface area contributed by atoms with Gasteiger partial charge in [0, 0.05) is 11.8 Å². The van der Waals surface area contributed by atoms with Gasteiger partial charge in [0.05, 0.1) is 27.2 Å². The van der Waals surface area contributed by atoms with E-state index in [0.717, 1.165) is 6.26 Å². The lowest BCUT2D eigenvalue weighted by Gasteiger charge is -2.09. The first-order valence-electron chi connectivity index (χ1n) is 6.12. The number of carbonyl (C=O) groups excluding carboxylic acids is 1. The van der Waals surface area contributed by atoms with Crippen molar-refractivity contribution in [3.8, 4) is 6.07 Å². The lowest BCUT2D eigenvalue weighted by atomic mass is 10.1. The van der Waals surface area contributed by atoms with Gasteiger partial charge in [-0.25, -0.2) is 8.42 Å². The van der Waals surface area contributed by atoms with Gasteiger partial charge in [-0.1, -0.05) is 11.6 Å². The summed E-state index contributed by atoms with van der Waals surface area (Å²) in [5, 5.41) is 11.5. The number of sulfone groups is 1. The molecule has 2 rings (SSSR count). The van der Waals surface area contributed by atoms with Crippen LogP contribution in [0.5, 0.6) is 0 Å². The number of rotatable bonds is 3. The van der Waals surface area contributed by atoms with Crippen molar-refractivity contribution >= 4 is 33.0 Å². The minimum absolute atomic E-state index is 0.0621. The molecule has 1 amide bonds. The molecule has 0 atom stereocenters. The third-order valence-electron chi connectivity index (χ3n) is 2.89. The maximum absolute atomic E-state index is 12.1. The first-order valence-corrected chi connectivity index (χ1v) is 8.39. The molecule has 0 aliphatic heterocycles. The lowest BCUT2D eigenvalue weighted by Crippen LogP contribution is -2.12. The van der Waals surface area contributed by atoms with Gasteiger partial charge in [-0.3, -0.25) is 4.79 Å². The number of hydrogen-bond donors (Lipinski definition) is 1. The zero-order valence-corrected chi connectivity index (χ0v) is 13.1. The maximum Gasteiger partial charge on any atom is 0.255 e. The standard InChI is InChI=1S/C15H11ClN2O3S/c1-22(20,21)12-6-7-13(16)14(8-12)18-15(19)11-4-2-10(9-17)3-5-11/h2-8H,1H3,(H,18,19). The van der Waals surface area contributed by atoms with E-state index in [9.17, 15) is 13.2 Å². The van der Waals surface area contributed by atoms with E-state index >= 15 is 0 Å². The van der Waals surface area contributed by atoms with E-state index in [0.29, 0.717) is 11.1 Å². The van der Waals surface area contributed by atoms with Gasteiger partial charge in [0.1, 0.15) is 0 Å². The summed E-state index contributed by atoms with van der Waals surface area (Å²) in [5.41, 5.74) is 0.979. The van der Waals surface area contributed by atoms with E-state index in [4.69, 9.17) is 16.9 Å². The highest BCUT2D eigenvalue weighted by molar-refractivity contribution is 7.90. The molecule has 2 aromatic rings. The van der Waals surface area contributed by atoms with E-state index in [2.05, 4.69) is 5.32 Å². The number of nitrogens with one attached hydrogen (secondary N) is 1. The molecule has 0 unspecified atom stereocenters. The van der Waals surface area contributed by atoms with E-state index < -0.39 is 15.7 Å². The Balaban J connectivity index is 2.30. The van der Waals surface area contributed by atoms with Crippen molar-refractivity contribution in [2.24, 2.45) is 0 Å². The Bertz CT molecular complexity index is 869. The highest BCUT2D eigenvalue weighted by atomic mass is 35.5. The summed E-state index contributed by atoms with van der Waals surface area (Å²) in [6.45, 7) is 0. The van der Waals surface area contributed by atoms with Crippen molar-refractivity contribution in [3.63, 3.8) is 0 Å². The predicted octanol–water partition coefficient (Wildman–Crippen LogP) is 2.87. The van der Waals surface area contributed by atoms with Crippen LogP contribution in [-0.4, -0.2) is 20.6 Å². The molecule has 0 aliphatic carbocycles. The fraction of sp³-hybridized carbons (Fsp3) is 0.0667. The van der Waals surface area contributed by atoms with E-state index in [-0.39, 0.29) is 15.6 Å². The van der Waals surface area contributed by atoms with Gasteiger partial charge in [-0.15, -0.1) is 0 Å². The first kappa shape index (κ1) is 16.0. The second kappa shape index (κ2) is 6.18. The van der Waals surface area contributed by atoms with Gasteiger partial charge < -0.3 is 5.32 Å². The molecule has 0 radical (unpaired) electrons. The Morgan fingerprint density at radius 3 is 2.36 bits per heavy atom. The SMILES string of the molecule is CS(=O)(=O)c1ccc(Cl)c(NC(=O)c2ccc(C#N)cc2)c1. The molecule has 0 aliphatic rings. The minimum atomic E-state index is -3.40. The monoisotopic (exact) mass is 334 g/mol. The van der Waals surface area contributed by atoms with Gasteiger partial charge in [-0.2, -0.15) is 5.26 Å². The molecule has 0 heterocycles. The Morgan fingerprint density at radius 2 is 1.82 bits per heavy atom. The summed E-state index contributed by atoms with van der Waals surface area (Å²) in [6, 6.07) is 12.1. The molecule has 112 valence electrons. The quantitative estimate of drug-likeness (QED) is 0.934. The number of amides is 1. The largest absolute Gasteiger partial charge is 0.321 e. The zero-order valence-electron chi connectivity index (χ0n) is 11.5. The van der Waals surface area contributed by atoms with Crippen molar-refractivity contribution in [2.75, 3.05) is 11.6 Å². The van der Waals surface area contributed by atoms with E-state index in [1.165, 1.54) is 42.5 Å². The van der Waals surface area contributed by atoms with Crippen LogP contribution >= 0.6 is 11.6 Å². The normalized spacial score (nSPS) is 10.8. The van der Waals surface area contributed by atoms with Crippen molar-refractivity contribution in [1.29, 1.82) is 5.26 Å². The van der Waals surface area contributed by atoms with Crippen LogP contribution in [0, 0.1) is 11.3 Å². The Hall–Kier alpha value is -2.36. The minimum Gasteiger partial charge on any atom is -0.321 e. The Kier molecular flexibility index (Phi) is 4.50. The number of hydrogen-bond acceptors (Lipinski definition) is 4. The number of nitriles is 1.